The second kappa shape index (κ2) is 3.60. The van der Waals surface area contributed by atoms with Crippen LogP contribution in [-0.2, 0) is 19.1 Å². The molecule has 2 rings (SSSR count). The van der Waals surface area contributed by atoms with E-state index >= 15 is 0 Å². The average Bonchev–Trinajstić information content (AvgIpc) is 2.14. The van der Waals surface area contributed by atoms with Gasteiger partial charge in [0, 0.05) is 12.8 Å². The molecule has 17 heavy (non-hydrogen) atoms. The van der Waals surface area contributed by atoms with Crippen LogP contribution in [0.3, 0.4) is 0 Å². The fourth-order valence-electron chi connectivity index (χ4n) is 2.65. The number of fused-ring (bicyclic) bond motifs is 1. The lowest BCUT2D eigenvalue weighted by atomic mass is 9.66. The van der Waals surface area contributed by atoms with Crippen LogP contribution in [0.5, 0.6) is 0 Å². The Kier molecular flexibility index (Phi) is 2.58. The van der Waals surface area contributed by atoms with E-state index in [1.807, 2.05) is 0 Å². The summed E-state index contributed by atoms with van der Waals surface area (Å²) in [7, 11) is 0. The Morgan fingerprint density at radius 1 is 1.41 bits per heavy atom. The van der Waals surface area contributed by atoms with Crippen molar-refractivity contribution in [2.24, 2.45) is 5.41 Å². The van der Waals surface area contributed by atoms with E-state index in [0.29, 0.717) is 0 Å². The molecule has 0 aromatic carbocycles. The molecule has 0 spiro atoms. The van der Waals surface area contributed by atoms with E-state index in [0.717, 1.165) is 0 Å². The van der Waals surface area contributed by atoms with Crippen molar-refractivity contribution in [2.45, 2.75) is 45.3 Å². The maximum atomic E-state index is 12.3. The molecule has 0 N–H and O–H groups in total. The van der Waals surface area contributed by atoms with E-state index in [1.165, 1.54) is 19.1 Å². The summed E-state index contributed by atoms with van der Waals surface area (Å²) in [5.41, 5.74) is -1.84. The summed E-state index contributed by atoms with van der Waals surface area (Å²) in [4.78, 5) is 35.5. The lowest BCUT2D eigenvalue weighted by Crippen LogP contribution is -2.58. The fourth-order valence-corrected chi connectivity index (χ4v) is 2.65. The monoisotopic (exact) mass is 236 g/mol. The lowest BCUT2D eigenvalue weighted by molar-refractivity contribution is -0.180. The predicted molar refractivity (Wildman–Crippen MR) is 60.5 cm³/mol. The standard InChI is InChI=1S/C13H16O4/c1-8(14)13-5-4-9(15)6-11(13)17-12(2,3)7-10(13)16/h4-5,11H,6-7H2,1-3H3/t11?,13-/m0/s1. The van der Waals surface area contributed by atoms with E-state index < -0.39 is 17.1 Å². The molecule has 0 saturated carbocycles. The highest BCUT2D eigenvalue weighted by Crippen LogP contribution is 2.43. The van der Waals surface area contributed by atoms with Gasteiger partial charge < -0.3 is 4.74 Å². The summed E-state index contributed by atoms with van der Waals surface area (Å²) in [6.45, 7) is 4.99. The highest BCUT2D eigenvalue weighted by atomic mass is 16.5. The highest BCUT2D eigenvalue weighted by Gasteiger charge is 2.56. The van der Waals surface area contributed by atoms with Gasteiger partial charge in [-0.2, -0.15) is 0 Å². The molecule has 0 radical (unpaired) electrons. The predicted octanol–water partition coefficient (Wildman–Crippen LogP) is 1.23. The molecule has 0 bridgehead atoms. The van der Waals surface area contributed by atoms with Gasteiger partial charge in [-0.15, -0.1) is 0 Å². The van der Waals surface area contributed by atoms with Gasteiger partial charge in [0.15, 0.2) is 11.6 Å². The van der Waals surface area contributed by atoms with Gasteiger partial charge in [0.2, 0.25) is 0 Å². The summed E-state index contributed by atoms with van der Waals surface area (Å²) in [5.74, 6) is -0.487. The number of allylic oxidation sites excluding steroid dienone is 1. The zero-order chi connectivity index (χ0) is 12.8. The van der Waals surface area contributed by atoms with Crippen molar-refractivity contribution < 1.29 is 19.1 Å². The Balaban J connectivity index is 2.50. The molecule has 0 aromatic heterocycles. The third-order valence-corrected chi connectivity index (χ3v) is 3.52. The first kappa shape index (κ1) is 12.2. The van der Waals surface area contributed by atoms with E-state index in [-0.39, 0.29) is 30.2 Å². The van der Waals surface area contributed by atoms with Gasteiger partial charge in [0.25, 0.3) is 0 Å². The molecule has 1 heterocycles. The van der Waals surface area contributed by atoms with Crippen LogP contribution in [0.1, 0.15) is 33.6 Å². The zero-order valence-electron chi connectivity index (χ0n) is 10.3. The third-order valence-electron chi connectivity index (χ3n) is 3.52. The summed E-state index contributed by atoms with van der Waals surface area (Å²) in [5, 5.41) is 0. The Morgan fingerprint density at radius 3 is 2.65 bits per heavy atom. The number of rotatable bonds is 1. The second-order valence-corrected chi connectivity index (χ2v) is 5.40. The molecule has 1 unspecified atom stereocenters. The van der Waals surface area contributed by atoms with E-state index in [9.17, 15) is 14.4 Å². The SMILES string of the molecule is CC(=O)[C@]12C=CC(=O)CC1OC(C)(C)CC2=O. The molecular formula is C13H16O4. The van der Waals surface area contributed by atoms with Crippen molar-refractivity contribution >= 4 is 17.3 Å². The minimum atomic E-state index is -1.23. The van der Waals surface area contributed by atoms with E-state index in [1.54, 1.807) is 13.8 Å². The van der Waals surface area contributed by atoms with Crippen molar-refractivity contribution in [3.63, 3.8) is 0 Å². The van der Waals surface area contributed by atoms with Crippen molar-refractivity contribution in [3.8, 4) is 0 Å². The molecule has 1 fully saturated rings. The van der Waals surface area contributed by atoms with Crippen molar-refractivity contribution in [3.05, 3.63) is 12.2 Å². The molecule has 4 nitrogen and oxygen atoms in total. The molecule has 92 valence electrons. The number of carbonyl (C=O) groups is 3. The lowest BCUT2D eigenvalue weighted by Gasteiger charge is -2.46. The number of ketones is 3. The smallest absolute Gasteiger partial charge is 0.158 e. The van der Waals surface area contributed by atoms with Crippen LogP contribution in [0.2, 0.25) is 0 Å². The van der Waals surface area contributed by atoms with Crippen molar-refractivity contribution in [1.82, 2.24) is 0 Å². The molecule has 1 saturated heterocycles. The summed E-state index contributed by atoms with van der Waals surface area (Å²) >= 11 is 0. The van der Waals surface area contributed by atoms with Crippen LogP contribution in [-0.4, -0.2) is 29.1 Å². The van der Waals surface area contributed by atoms with Crippen LogP contribution >= 0.6 is 0 Å². The van der Waals surface area contributed by atoms with Gasteiger partial charge in [0.05, 0.1) is 11.7 Å². The number of hydrogen-bond donors (Lipinski definition) is 0. The Hall–Kier alpha value is -1.29. The van der Waals surface area contributed by atoms with E-state index in [2.05, 4.69) is 0 Å². The first-order valence-corrected chi connectivity index (χ1v) is 5.72. The van der Waals surface area contributed by atoms with Gasteiger partial charge >= 0.3 is 0 Å². The van der Waals surface area contributed by atoms with Gasteiger partial charge in [-0.3, -0.25) is 14.4 Å². The molecule has 0 amide bonds. The summed E-state index contributed by atoms with van der Waals surface area (Å²) in [6, 6.07) is 0. The van der Waals surface area contributed by atoms with Crippen LogP contribution in [0.15, 0.2) is 12.2 Å². The minimum absolute atomic E-state index is 0.0997. The normalized spacial score (nSPS) is 35.6. The molecule has 1 aliphatic carbocycles. The molecule has 1 aliphatic heterocycles. The van der Waals surface area contributed by atoms with Crippen LogP contribution in [0.25, 0.3) is 0 Å². The molecule has 2 aliphatic rings. The zero-order valence-corrected chi connectivity index (χ0v) is 10.3. The van der Waals surface area contributed by atoms with Crippen LogP contribution < -0.4 is 0 Å². The van der Waals surface area contributed by atoms with Gasteiger partial charge in [-0.05, 0) is 26.8 Å². The van der Waals surface area contributed by atoms with Crippen molar-refractivity contribution in [1.29, 1.82) is 0 Å². The number of hydrogen-bond acceptors (Lipinski definition) is 4. The fraction of sp³-hybridized carbons (Fsp3) is 0.615. The summed E-state index contributed by atoms with van der Waals surface area (Å²) < 4.78 is 5.77. The first-order chi connectivity index (χ1) is 7.78. The Labute approximate surface area is 100 Å². The van der Waals surface area contributed by atoms with E-state index in [4.69, 9.17) is 4.74 Å². The first-order valence-electron chi connectivity index (χ1n) is 5.72. The van der Waals surface area contributed by atoms with Crippen LogP contribution in [0.4, 0.5) is 0 Å². The van der Waals surface area contributed by atoms with Gasteiger partial charge in [-0.25, -0.2) is 0 Å². The Bertz CT molecular complexity index is 433. The Morgan fingerprint density at radius 2 is 2.06 bits per heavy atom. The van der Waals surface area contributed by atoms with Gasteiger partial charge in [-0.1, -0.05) is 6.08 Å². The second-order valence-electron chi connectivity index (χ2n) is 5.40. The molecule has 2 atom stereocenters. The van der Waals surface area contributed by atoms with Crippen molar-refractivity contribution in [2.75, 3.05) is 0 Å². The maximum absolute atomic E-state index is 12.3. The van der Waals surface area contributed by atoms with Gasteiger partial charge in [0.1, 0.15) is 11.2 Å². The highest BCUT2D eigenvalue weighted by molar-refractivity contribution is 6.12. The minimum Gasteiger partial charge on any atom is -0.370 e. The molecule has 4 heteroatoms. The summed E-state index contributed by atoms with van der Waals surface area (Å²) in [6.07, 6.45) is 2.42. The number of carbonyl (C=O) groups excluding carboxylic acids is 3. The quantitative estimate of drug-likeness (QED) is 0.642. The third kappa shape index (κ3) is 1.76. The molecular weight excluding hydrogens is 220 g/mol. The average molecular weight is 236 g/mol. The molecule has 0 aromatic rings. The maximum Gasteiger partial charge on any atom is 0.158 e. The van der Waals surface area contributed by atoms with Crippen LogP contribution in [0, 0.1) is 5.41 Å². The number of ether oxygens (including phenoxy) is 1. The topological polar surface area (TPSA) is 60.4 Å². The number of Topliss-reactive ketones (excluding diaryl/α,β-unsaturated/α-hetero) is 2. The largest absolute Gasteiger partial charge is 0.370 e.